The number of hydrogen-bond acceptors (Lipinski definition) is 4. The zero-order valence-electron chi connectivity index (χ0n) is 15.5. The summed E-state index contributed by atoms with van der Waals surface area (Å²) in [6.07, 6.45) is 6.58. The Bertz CT molecular complexity index is 832. The van der Waals surface area contributed by atoms with Crippen LogP contribution in [0, 0.1) is 6.92 Å². The Morgan fingerprint density at radius 3 is 3.00 bits per heavy atom. The van der Waals surface area contributed by atoms with Gasteiger partial charge in [0.05, 0.1) is 19.2 Å². The van der Waals surface area contributed by atoms with E-state index < -0.39 is 0 Å². The van der Waals surface area contributed by atoms with Gasteiger partial charge < -0.3 is 9.64 Å². The minimum absolute atomic E-state index is 0.0116. The number of benzene rings is 1. The lowest BCUT2D eigenvalue weighted by Gasteiger charge is -2.40. The van der Waals surface area contributed by atoms with Crippen LogP contribution in [0.4, 0.5) is 0 Å². The molecule has 26 heavy (non-hydrogen) atoms. The van der Waals surface area contributed by atoms with E-state index in [2.05, 4.69) is 4.98 Å². The second kappa shape index (κ2) is 6.71. The molecule has 1 atom stereocenters. The molecule has 4 rings (SSSR count). The van der Waals surface area contributed by atoms with Crippen LogP contribution >= 0.6 is 0 Å². The predicted molar refractivity (Wildman–Crippen MR) is 99.3 cm³/mol. The average Bonchev–Trinajstić information content (AvgIpc) is 2.99. The van der Waals surface area contributed by atoms with Gasteiger partial charge in [-0.1, -0.05) is 18.2 Å². The van der Waals surface area contributed by atoms with Crippen LogP contribution in [0.3, 0.4) is 0 Å². The monoisotopic (exact) mass is 351 g/mol. The van der Waals surface area contributed by atoms with Crippen molar-refractivity contribution in [1.82, 2.24) is 14.9 Å². The summed E-state index contributed by atoms with van der Waals surface area (Å²) in [5.74, 6) is 1.78. The SMILES string of the molecule is COc1ccccc1CC(=O)N1CCCC2(CCc3cnc(C)nc32)C1. The molecule has 1 aromatic heterocycles. The first-order chi connectivity index (χ1) is 12.6. The number of carbonyl (C=O) groups excluding carboxylic acids is 1. The number of rotatable bonds is 3. The van der Waals surface area contributed by atoms with E-state index in [9.17, 15) is 4.79 Å². The smallest absolute Gasteiger partial charge is 0.227 e. The third-order valence-corrected chi connectivity index (χ3v) is 5.82. The fourth-order valence-corrected chi connectivity index (χ4v) is 4.50. The molecule has 1 aliphatic carbocycles. The largest absolute Gasteiger partial charge is 0.496 e. The van der Waals surface area contributed by atoms with Crippen molar-refractivity contribution in [2.45, 2.75) is 44.4 Å². The lowest BCUT2D eigenvalue weighted by molar-refractivity contribution is -0.132. The van der Waals surface area contributed by atoms with Crippen molar-refractivity contribution in [2.24, 2.45) is 0 Å². The van der Waals surface area contributed by atoms with E-state index in [4.69, 9.17) is 9.72 Å². The van der Waals surface area contributed by atoms with E-state index in [1.54, 1.807) is 7.11 Å². The number of fused-ring (bicyclic) bond motifs is 2. The van der Waals surface area contributed by atoms with Crippen LogP contribution in [-0.2, 0) is 23.1 Å². The third kappa shape index (κ3) is 2.96. The molecule has 1 fully saturated rings. The first kappa shape index (κ1) is 17.0. The number of aromatic nitrogens is 2. The standard InChI is InChI=1S/C21H25N3O2/c1-15-22-13-17-8-10-21(20(17)23-15)9-5-11-24(14-21)19(25)12-16-6-3-4-7-18(16)26-2/h3-4,6-7,13H,5,8-12,14H2,1-2H3. The Kier molecular flexibility index (Phi) is 4.39. The zero-order valence-corrected chi connectivity index (χ0v) is 15.5. The summed E-state index contributed by atoms with van der Waals surface area (Å²) in [7, 11) is 1.65. The number of para-hydroxylation sites is 1. The first-order valence-corrected chi connectivity index (χ1v) is 9.34. The molecule has 1 saturated heterocycles. The van der Waals surface area contributed by atoms with Gasteiger partial charge in [-0.3, -0.25) is 4.79 Å². The summed E-state index contributed by atoms with van der Waals surface area (Å²) < 4.78 is 5.40. The van der Waals surface area contributed by atoms with Crippen molar-refractivity contribution in [3.05, 3.63) is 53.1 Å². The summed E-state index contributed by atoms with van der Waals surface area (Å²) in [6.45, 7) is 3.54. The fraction of sp³-hybridized carbons (Fsp3) is 0.476. The summed E-state index contributed by atoms with van der Waals surface area (Å²) in [5, 5.41) is 0. The molecule has 1 aliphatic heterocycles. The van der Waals surface area contributed by atoms with Gasteiger partial charge in [0.15, 0.2) is 0 Å². The average molecular weight is 351 g/mol. The molecule has 0 bridgehead atoms. The van der Waals surface area contributed by atoms with Crippen LogP contribution in [0.1, 0.15) is 41.9 Å². The second-order valence-corrected chi connectivity index (χ2v) is 7.48. The number of ether oxygens (including phenoxy) is 1. The molecular weight excluding hydrogens is 326 g/mol. The van der Waals surface area contributed by atoms with E-state index in [0.717, 1.165) is 55.9 Å². The van der Waals surface area contributed by atoms with E-state index in [1.165, 1.54) is 11.3 Å². The zero-order chi connectivity index (χ0) is 18.1. The van der Waals surface area contributed by atoms with Crippen LogP contribution < -0.4 is 4.74 Å². The molecule has 2 aliphatic rings. The number of hydrogen-bond donors (Lipinski definition) is 0. The minimum atomic E-state index is 0.0116. The lowest BCUT2D eigenvalue weighted by Crippen LogP contribution is -2.48. The third-order valence-electron chi connectivity index (χ3n) is 5.82. The topological polar surface area (TPSA) is 55.3 Å². The molecule has 1 amide bonds. The summed E-state index contributed by atoms with van der Waals surface area (Å²) in [4.78, 5) is 24.1. The van der Waals surface area contributed by atoms with Gasteiger partial charge in [0.25, 0.3) is 0 Å². The number of amides is 1. The van der Waals surface area contributed by atoms with Crippen LogP contribution in [0.15, 0.2) is 30.5 Å². The number of methoxy groups -OCH3 is 1. The van der Waals surface area contributed by atoms with Gasteiger partial charge in [0, 0.05) is 30.3 Å². The Morgan fingerprint density at radius 2 is 2.15 bits per heavy atom. The Labute approximate surface area is 154 Å². The number of nitrogens with zero attached hydrogens (tertiary/aromatic N) is 3. The van der Waals surface area contributed by atoms with Gasteiger partial charge in [-0.15, -0.1) is 0 Å². The predicted octanol–water partition coefficient (Wildman–Crippen LogP) is 2.84. The molecular formula is C21H25N3O2. The highest BCUT2D eigenvalue weighted by molar-refractivity contribution is 5.79. The van der Waals surface area contributed by atoms with Crippen LogP contribution in [0.5, 0.6) is 5.75 Å². The lowest BCUT2D eigenvalue weighted by atomic mass is 9.77. The number of aryl methyl sites for hydroxylation is 2. The van der Waals surface area contributed by atoms with Crippen LogP contribution in [-0.4, -0.2) is 41.0 Å². The van der Waals surface area contributed by atoms with Gasteiger partial charge in [-0.05, 0) is 44.2 Å². The van der Waals surface area contributed by atoms with Gasteiger partial charge in [0.1, 0.15) is 11.6 Å². The summed E-state index contributed by atoms with van der Waals surface area (Å²) >= 11 is 0. The molecule has 2 aromatic rings. The Balaban J connectivity index is 1.55. The van der Waals surface area contributed by atoms with Crippen molar-refractivity contribution in [3.8, 4) is 5.75 Å². The normalized spacial score (nSPS) is 21.7. The maximum Gasteiger partial charge on any atom is 0.227 e. The van der Waals surface area contributed by atoms with Gasteiger partial charge in [0.2, 0.25) is 5.91 Å². The molecule has 0 N–H and O–H groups in total. The van der Waals surface area contributed by atoms with Crippen molar-refractivity contribution in [1.29, 1.82) is 0 Å². The summed E-state index contributed by atoms with van der Waals surface area (Å²) in [5.41, 5.74) is 3.40. The highest BCUT2D eigenvalue weighted by atomic mass is 16.5. The van der Waals surface area contributed by atoms with E-state index in [0.29, 0.717) is 6.42 Å². The van der Waals surface area contributed by atoms with E-state index in [-0.39, 0.29) is 11.3 Å². The minimum Gasteiger partial charge on any atom is -0.496 e. The molecule has 5 nitrogen and oxygen atoms in total. The molecule has 2 heterocycles. The molecule has 1 spiro atoms. The van der Waals surface area contributed by atoms with Gasteiger partial charge in [-0.25, -0.2) is 9.97 Å². The van der Waals surface area contributed by atoms with Crippen molar-refractivity contribution in [2.75, 3.05) is 20.2 Å². The van der Waals surface area contributed by atoms with Crippen molar-refractivity contribution < 1.29 is 9.53 Å². The van der Waals surface area contributed by atoms with Crippen molar-refractivity contribution in [3.63, 3.8) is 0 Å². The van der Waals surface area contributed by atoms with Crippen LogP contribution in [0.25, 0.3) is 0 Å². The van der Waals surface area contributed by atoms with Gasteiger partial charge >= 0.3 is 0 Å². The first-order valence-electron chi connectivity index (χ1n) is 9.34. The molecule has 1 aromatic carbocycles. The molecule has 136 valence electrons. The summed E-state index contributed by atoms with van der Waals surface area (Å²) in [6, 6.07) is 7.76. The number of carbonyl (C=O) groups is 1. The Morgan fingerprint density at radius 1 is 1.31 bits per heavy atom. The quantitative estimate of drug-likeness (QED) is 0.853. The molecule has 0 saturated carbocycles. The second-order valence-electron chi connectivity index (χ2n) is 7.48. The molecule has 1 unspecified atom stereocenters. The molecule has 5 heteroatoms. The maximum absolute atomic E-state index is 13.0. The highest BCUT2D eigenvalue weighted by Crippen LogP contribution is 2.43. The van der Waals surface area contributed by atoms with Crippen molar-refractivity contribution >= 4 is 5.91 Å². The number of likely N-dealkylation sites (tertiary alicyclic amines) is 1. The highest BCUT2D eigenvalue weighted by Gasteiger charge is 2.44. The van der Waals surface area contributed by atoms with Crippen LogP contribution in [0.2, 0.25) is 0 Å². The maximum atomic E-state index is 13.0. The van der Waals surface area contributed by atoms with E-state index in [1.807, 2.05) is 42.3 Å². The Hall–Kier alpha value is -2.43. The molecule has 0 radical (unpaired) electrons. The van der Waals surface area contributed by atoms with Gasteiger partial charge in [-0.2, -0.15) is 0 Å². The fourth-order valence-electron chi connectivity index (χ4n) is 4.50. The van der Waals surface area contributed by atoms with E-state index >= 15 is 0 Å². The number of piperidine rings is 1.